The Bertz CT molecular complexity index is 309. The summed E-state index contributed by atoms with van der Waals surface area (Å²) in [7, 11) is 0. The first-order valence-corrected chi connectivity index (χ1v) is 4.76. The van der Waals surface area contributed by atoms with E-state index in [0.29, 0.717) is 5.92 Å². The molecule has 1 aromatic rings. The highest BCUT2D eigenvalue weighted by Crippen LogP contribution is 2.27. The number of fused-ring (bicyclic) bond motifs is 1. The highest BCUT2D eigenvalue weighted by atomic mass is 16.3. The number of rotatable bonds is 1. The number of aliphatic hydroxyl groups excluding tert-OH is 1. The highest BCUT2D eigenvalue weighted by molar-refractivity contribution is 5.59. The Hall–Kier alpha value is -1.02. The molecule has 70 valence electrons. The van der Waals surface area contributed by atoms with E-state index < -0.39 is 0 Å². The van der Waals surface area contributed by atoms with Crippen molar-refractivity contribution in [2.45, 2.75) is 20.0 Å². The predicted octanol–water partition coefficient (Wildman–Crippen LogP) is 1.78. The molecule has 1 aliphatic heterocycles. The minimum Gasteiger partial charge on any atom is -0.392 e. The topological polar surface area (TPSA) is 32.3 Å². The van der Waals surface area contributed by atoms with E-state index in [-0.39, 0.29) is 6.61 Å². The molecule has 2 heteroatoms. The fourth-order valence-electron chi connectivity index (χ4n) is 1.91. The van der Waals surface area contributed by atoms with E-state index in [9.17, 15) is 0 Å². The lowest BCUT2D eigenvalue weighted by atomic mass is 9.93. The maximum absolute atomic E-state index is 9.12. The van der Waals surface area contributed by atoms with Gasteiger partial charge in [-0.15, -0.1) is 0 Å². The fraction of sp³-hybridized carbons (Fsp3) is 0.455. The van der Waals surface area contributed by atoms with E-state index in [1.54, 1.807) is 0 Å². The van der Waals surface area contributed by atoms with Gasteiger partial charge in [-0.1, -0.05) is 25.1 Å². The summed E-state index contributed by atoms with van der Waals surface area (Å²) in [5.74, 6) is 0.696. The molecule has 0 aliphatic carbocycles. The fourth-order valence-corrected chi connectivity index (χ4v) is 1.91. The van der Waals surface area contributed by atoms with Crippen molar-refractivity contribution in [3.8, 4) is 0 Å². The molecule has 2 nitrogen and oxygen atoms in total. The molecule has 1 atom stereocenters. The van der Waals surface area contributed by atoms with Gasteiger partial charge >= 0.3 is 0 Å². The zero-order valence-electron chi connectivity index (χ0n) is 7.88. The largest absolute Gasteiger partial charge is 0.392 e. The van der Waals surface area contributed by atoms with Gasteiger partial charge in [-0.2, -0.15) is 0 Å². The van der Waals surface area contributed by atoms with Crippen molar-refractivity contribution in [3.63, 3.8) is 0 Å². The van der Waals surface area contributed by atoms with Crippen LogP contribution in [0.25, 0.3) is 0 Å². The standard InChI is InChI=1S/C11H15NO/c1-8-5-9-3-2-4-10(7-13)11(9)12-6-8/h2-4,8,12-13H,5-7H2,1H3. The second-order valence-corrected chi connectivity index (χ2v) is 3.80. The Labute approximate surface area is 78.6 Å². The molecule has 0 saturated carbocycles. The van der Waals surface area contributed by atoms with Crippen molar-refractivity contribution in [3.05, 3.63) is 29.3 Å². The van der Waals surface area contributed by atoms with Gasteiger partial charge in [-0.05, 0) is 17.9 Å². The van der Waals surface area contributed by atoms with Gasteiger partial charge in [0, 0.05) is 17.8 Å². The van der Waals surface area contributed by atoms with E-state index >= 15 is 0 Å². The van der Waals surface area contributed by atoms with E-state index in [1.165, 1.54) is 5.56 Å². The second-order valence-electron chi connectivity index (χ2n) is 3.80. The molecule has 13 heavy (non-hydrogen) atoms. The van der Waals surface area contributed by atoms with Gasteiger partial charge < -0.3 is 10.4 Å². The normalized spacial score (nSPS) is 20.6. The van der Waals surface area contributed by atoms with Gasteiger partial charge in [0.15, 0.2) is 0 Å². The molecule has 1 aliphatic rings. The van der Waals surface area contributed by atoms with Crippen molar-refractivity contribution in [1.82, 2.24) is 0 Å². The SMILES string of the molecule is CC1CNc2c(CO)cccc2C1. The van der Waals surface area contributed by atoms with Gasteiger partial charge in [-0.25, -0.2) is 0 Å². The lowest BCUT2D eigenvalue weighted by molar-refractivity contribution is 0.282. The zero-order chi connectivity index (χ0) is 9.26. The lowest BCUT2D eigenvalue weighted by Crippen LogP contribution is -2.21. The van der Waals surface area contributed by atoms with Gasteiger partial charge in [0.25, 0.3) is 0 Å². The van der Waals surface area contributed by atoms with Crippen LogP contribution in [-0.4, -0.2) is 11.7 Å². The number of anilines is 1. The summed E-state index contributed by atoms with van der Waals surface area (Å²) in [6, 6.07) is 6.13. The maximum atomic E-state index is 9.12. The van der Waals surface area contributed by atoms with Crippen molar-refractivity contribution >= 4 is 5.69 Å². The van der Waals surface area contributed by atoms with Crippen molar-refractivity contribution < 1.29 is 5.11 Å². The quantitative estimate of drug-likeness (QED) is 0.685. The summed E-state index contributed by atoms with van der Waals surface area (Å²) in [5, 5.41) is 12.5. The number of nitrogens with one attached hydrogen (secondary N) is 1. The van der Waals surface area contributed by atoms with Crippen LogP contribution in [0.15, 0.2) is 18.2 Å². The number of hydrogen-bond acceptors (Lipinski definition) is 2. The van der Waals surface area contributed by atoms with Crippen LogP contribution < -0.4 is 5.32 Å². The van der Waals surface area contributed by atoms with Crippen molar-refractivity contribution in [2.24, 2.45) is 5.92 Å². The lowest BCUT2D eigenvalue weighted by Gasteiger charge is -2.25. The molecule has 0 aromatic heterocycles. The van der Waals surface area contributed by atoms with Gasteiger partial charge in [0.2, 0.25) is 0 Å². The first kappa shape index (κ1) is 8.57. The first-order valence-electron chi connectivity index (χ1n) is 4.76. The van der Waals surface area contributed by atoms with Crippen LogP contribution in [0.2, 0.25) is 0 Å². The summed E-state index contributed by atoms with van der Waals surface area (Å²) in [5.41, 5.74) is 3.51. The molecule has 0 bridgehead atoms. The molecule has 1 heterocycles. The van der Waals surface area contributed by atoms with Crippen LogP contribution >= 0.6 is 0 Å². The third-order valence-corrected chi connectivity index (χ3v) is 2.60. The number of hydrogen-bond donors (Lipinski definition) is 2. The monoisotopic (exact) mass is 177 g/mol. The third-order valence-electron chi connectivity index (χ3n) is 2.60. The molecule has 0 spiro atoms. The van der Waals surface area contributed by atoms with Crippen LogP contribution in [-0.2, 0) is 13.0 Å². The smallest absolute Gasteiger partial charge is 0.0702 e. The van der Waals surface area contributed by atoms with Crippen LogP contribution in [0.5, 0.6) is 0 Å². The third kappa shape index (κ3) is 1.54. The molecule has 0 saturated heterocycles. The number of aliphatic hydroxyl groups is 1. The average molecular weight is 177 g/mol. The van der Waals surface area contributed by atoms with E-state index in [4.69, 9.17) is 5.11 Å². The average Bonchev–Trinajstić information content (AvgIpc) is 2.16. The highest BCUT2D eigenvalue weighted by Gasteiger charge is 2.16. The Morgan fingerprint density at radius 2 is 2.38 bits per heavy atom. The Balaban J connectivity index is 2.39. The van der Waals surface area contributed by atoms with Crippen LogP contribution in [0, 0.1) is 5.92 Å². The molecular formula is C11H15NO. The minimum atomic E-state index is 0.130. The van der Waals surface area contributed by atoms with E-state index in [2.05, 4.69) is 18.3 Å². The second kappa shape index (κ2) is 3.38. The van der Waals surface area contributed by atoms with Crippen LogP contribution in [0.4, 0.5) is 5.69 Å². The summed E-state index contributed by atoms with van der Waals surface area (Å²) in [4.78, 5) is 0. The molecule has 1 unspecified atom stereocenters. The summed E-state index contributed by atoms with van der Waals surface area (Å²) in [6.07, 6.45) is 1.12. The summed E-state index contributed by atoms with van der Waals surface area (Å²) < 4.78 is 0. The number of benzene rings is 1. The van der Waals surface area contributed by atoms with Crippen LogP contribution in [0.3, 0.4) is 0 Å². The maximum Gasteiger partial charge on any atom is 0.0702 e. The number of para-hydroxylation sites is 1. The van der Waals surface area contributed by atoms with Crippen molar-refractivity contribution in [2.75, 3.05) is 11.9 Å². The summed E-state index contributed by atoms with van der Waals surface area (Å²) >= 11 is 0. The molecule has 1 aromatic carbocycles. The Morgan fingerprint density at radius 1 is 1.54 bits per heavy atom. The summed E-state index contributed by atoms with van der Waals surface area (Å²) in [6.45, 7) is 3.39. The van der Waals surface area contributed by atoms with E-state index in [1.807, 2.05) is 12.1 Å². The van der Waals surface area contributed by atoms with Gasteiger partial charge in [-0.3, -0.25) is 0 Å². The Kier molecular flexibility index (Phi) is 2.23. The van der Waals surface area contributed by atoms with E-state index in [0.717, 1.165) is 24.2 Å². The van der Waals surface area contributed by atoms with Crippen LogP contribution in [0.1, 0.15) is 18.1 Å². The molecule has 2 rings (SSSR count). The zero-order valence-corrected chi connectivity index (χ0v) is 7.88. The first-order chi connectivity index (χ1) is 6.31. The van der Waals surface area contributed by atoms with Gasteiger partial charge in [0.05, 0.1) is 6.61 Å². The molecule has 0 amide bonds. The predicted molar refractivity (Wildman–Crippen MR) is 53.7 cm³/mol. The molecular weight excluding hydrogens is 162 g/mol. The molecule has 0 radical (unpaired) electrons. The minimum absolute atomic E-state index is 0.130. The molecule has 0 fully saturated rings. The molecule has 2 N–H and O–H groups in total. The van der Waals surface area contributed by atoms with Gasteiger partial charge in [0.1, 0.15) is 0 Å². The Morgan fingerprint density at radius 3 is 3.15 bits per heavy atom. The van der Waals surface area contributed by atoms with Crippen molar-refractivity contribution in [1.29, 1.82) is 0 Å².